The second-order valence-electron chi connectivity index (χ2n) is 19.8. The molecule has 6 atom stereocenters. The lowest BCUT2D eigenvalue weighted by Gasteiger charge is -2.59. The number of rotatable bonds is 27. The Hall–Kier alpha value is -4.79. The Labute approximate surface area is 404 Å². The Bertz CT molecular complexity index is 2020. The average molecular weight is 946 g/mol. The number of nitrogens with zero attached hydrogens (tertiary/aromatic N) is 2. The Morgan fingerprint density at radius 3 is 2.28 bits per heavy atom. The molecule has 6 unspecified atom stereocenters. The van der Waals surface area contributed by atoms with Crippen molar-refractivity contribution >= 4 is 17.9 Å². The molecule has 0 aromatic heterocycles. The monoisotopic (exact) mass is 946 g/mol. The molecule has 2 amide bonds. The SMILES string of the molecule is C=CCOC12Oc3ccc(OC(=O)NCCCCCCCCCCCC)cc3C3C(CCCCO)C(CCCCO)C=C(C(=NOC(C)(C)C)CC1N(Cc1ccc4c(c1)OCO4)C(=O)OC)C32. The normalized spacial score (nSPS) is 22.9. The summed E-state index contributed by atoms with van der Waals surface area (Å²) in [6.45, 7) is 13.1. The first-order valence-corrected chi connectivity index (χ1v) is 25.4. The summed E-state index contributed by atoms with van der Waals surface area (Å²) in [6, 6.07) is 10.3. The molecule has 0 bridgehead atoms. The fourth-order valence-electron chi connectivity index (χ4n) is 10.5. The predicted octanol–water partition coefficient (Wildman–Crippen LogP) is 11.1. The van der Waals surface area contributed by atoms with Gasteiger partial charge in [-0.1, -0.05) is 101 Å². The van der Waals surface area contributed by atoms with E-state index in [1.807, 2.05) is 51.1 Å². The van der Waals surface area contributed by atoms with Crippen molar-refractivity contribution in [2.75, 3.05) is 40.3 Å². The highest BCUT2D eigenvalue weighted by Crippen LogP contribution is 2.62. The first kappa shape index (κ1) is 52.6. The van der Waals surface area contributed by atoms with Crippen LogP contribution in [0.4, 0.5) is 9.59 Å². The van der Waals surface area contributed by atoms with Crippen LogP contribution in [0.2, 0.25) is 0 Å². The van der Waals surface area contributed by atoms with Crippen molar-refractivity contribution < 1.29 is 53.1 Å². The van der Waals surface area contributed by atoms with Crippen molar-refractivity contribution in [1.82, 2.24) is 10.2 Å². The van der Waals surface area contributed by atoms with Crippen LogP contribution in [0.5, 0.6) is 23.0 Å². The van der Waals surface area contributed by atoms with Gasteiger partial charge in [0, 0.05) is 44.2 Å². The molecule has 2 aromatic carbocycles. The van der Waals surface area contributed by atoms with Crippen LogP contribution in [0.1, 0.15) is 154 Å². The van der Waals surface area contributed by atoms with E-state index in [2.05, 4.69) is 24.9 Å². The smallest absolute Gasteiger partial charge is 0.412 e. The number of nitrogens with one attached hydrogen (secondary N) is 1. The molecule has 4 aliphatic rings. The molecule has 2 heterocycles. The molecule has 0 radical (unpaired) electrons. The van der Waals surface area contributed by atoms with E-state index in [9.17, 15) is 19.8 Å². The molecular formula is C54H79N3O11. The number of aliphatic hydroxyl groups is 2. The minimum atomic E-state index is -1.51. The van der Waals surface area contributed by atoms with Gasteiger partial charge in [-0.3, -0.25) is 4.90 Å². The molecule has 6 rings (SSSR count). The largest absolute Gasteiger partial charge is 0.459 e. The molecule has 2 aromatic rings. The number of hydrogen-bond donors (Lipinski definition) is 3. The van der Waals surface area contributed by atoms with E-state index < -0.39 is 35.5 Å². The van der Waals surface area contributed by atoms with Gasteiger partial charge in [0.25, 0.3) is 0 Å². The lowest BCUT2D eigenvalue weighted by molar-refractivity contribution is -0.256. The molecule has 14 heteroatoms. The summed E-state index contributed by atoms with van der Waals surface area (Å²) in [7, 11) is 1.36. The zero-order valence-corrected chi connectivity index (χ0v) is 41.4. The maximum atomic E-state index is 14.4. The van der Waals surface area contributed by atoms with Crippen LogP contribution in [-0.2, 0) is 20.9 Å². The van der Waals surface area contributed by atoms with Gasteiger partial charge in [0.15, 0.2) is 11.5 Å². The number of aliphatic hydroxyl groups excluding tert-OH is 2. The minimum absolute atomic E-state index is 0.0206. The van der Waals surface area contributed by atoms with Crippen LogP contribution in [0, 0.1) is 17.8 Å². The maximum absolute atomic E-state index is 14.4. The third-order valence-corrected chi connectivity index (χ3v) is 13.7. The highest BCUT2D eigenvalue weighted by atomic mass is 16.7. The van der Waals surface area contributed by atoms with Crippen molar-refractivity contribution in [2.45, 2.75) is 167 Å². The van der Waals surface area contributed by atoms with Crippen molar-refractivity contribution in [2.24, 2.45) is 22.9 Å². The molecule has 2 aliphatic carbocycles. The summed E-state index contributed by atoms with van der Waals surface area (Å²) in [5.74, 6) is -0.255. The second-order valence-corrected chi connectivity index (χ2v) is 19.8. The van der Waals surface area contributed by atoms with Crippen LogP contribution in [0.25, 0.3) is 0 Å². The summed E-state index contributed by atoms with van der Waals surface area (Å²) in [4.78, 5) is 35.6. The topological polar surface area (TPSA) is 167 Å². The summed E-state index contributed by atoms with van der Waals surface area (Å²) in [5, 5.41) is 27.8. The fraction of sp³-hybridized carbons (Fsp3) is 0.648. The number of carbonyl (C=O) groups excluding carboxylic acids is 2. The van der Waals surface area contributed by atoms with Gasteiger partial charge in [0.1, 0.15) is 23.1 Å². The molecular weight excluding hydrogens is 867 g/mol. The van der Waals surface area contributed by atoms with Crippen LogP contribution >= 0.6 is 0 Å². The number of benzene rings is 2. The first-order valence-electron chi connectivity index (χ1n) is 25.4. The third kappa shape index (κ3) is 13.5. The Morgan fingerprint density at radius 1 is 0.897 bits per heavy atom. The van der Waals surface area contributed by atoms with Crippen molar-refractivity contribution in [3.63, 3.8) is 0 Å². The summed E-state index contributed by atoms with van der Waals surface area (Å²) >= 11 is 0. The molecule has 14 nitrogen and oxygen atoms in total. The van der Waals surface area contributed by atoms with Gasteiger partial charge < -0.3 is 48.8 Å². The van der Waals surface area contributed by atoms with Crippen molar-refractivity contribution in [1.29, 1.82) is 0 Å². The molecule has 1 fully saturated rings. The van der Waals surface area contributed by atoms with Gasteiger partial charge in [0.2, 0.25) is 12.6 Å². The summed E-state index contributed by atoms with van der Waals surface area (Å²) in [6.07, 6.45) is 19.5. The van der Waals surface area contributed by atoms with Gasteiger partial charge >= 0.3 is 12.2 Å². The highest BCUT2D eigenvalue weighted by molar-refractivity contribution is 6.03. The lowest BCUT2D eigenvalue weighted by atomic mass is 9.55. The zero-order valence-electron chi connectivity index (χ0n) is 41.4. The Kier molecular flexibility index (Phi) is 19.9. The van der Waals surface area contributed by atoms with Gasteiger partial charge in [-0.2, -0.15) is 0 Å². The number of amides is 2. The van der Waals surface area contributed by atoms with E-state index in [4.69, 9.17) is 38.4 Å². The van der Waals surface area contributed by atoms with Crippen LogP contribution in [-0.4, -0.2) is 90.7 Å². The number of methoxy groups -OCH3 is 1. The van der Waals surface area contributed by atoms with Crippen LogP contribution in [0.3, 0.4) is 0 Å². The zero-order chi connectivity index (χ0) is 48.5. The Morgan fingerprint density at radius 2 is 1.59 bits per heavy atom. The van der Waals surface area contributed by atoms with E-state index >= 15 is 0 Å². The number of ether oxygens (including phenoxy) is 6. The highest BCUT2D eigenvalue weighted by Gasteiger charge is 2.65. The Balaban J connectivity index is 1.40. The second kappa shape index (κ2) is 25.7. The number of unbranched alkanes of at least 4 members (excludes halogenated alkanes) is 11. The summed E-state index contributed by atoms with van der Waals surface area (Å²) < 4.78 is 37.4. The fourth-order valence-corrected chi connectivity index (χ4v) is 10.5. The van der Waals surface area contributed by atoms with E-state index in [-0.39, 0.29) is 57.3 Å². The lowest BCUT2D eigenvalue weighted by Crippen LogP contribution is -2.70. The molecule has 3 N–H and O–H groups in total. The maximum Gasteiger partial charge on any atom is 0.412 e. The number of carbonyl (C=O) groups is 2. The average Bonchev–Trinajstić information content (AvgIpc) is 3.80. The molecule has 1 saturated carbocycles. The standard InChI is InChI=1S/C54H79N3O11/c1-7-9-10-11-12-13-14-15-16-19-28-55-51(60)66-40-25-27-45-43(34-40)49-41(23-18-21-30-59)39(22-17-20-29-58)33-42-44(56-68-53(3,4)5)35-48(54(67-45,50(42)49)65-31-8-2)57(52(61)62-6)36-38-24-26-46-47(32-38)64-37-63-46/h8,24-27,32-34,39,41,48-50,58-59H,2,7,9-23,28-31,35-37H2,1,3-6H3,(H,55,60). The molecule has 376 valence electrons. The van der Waals surface area contributed by atoms with E-state index in [0.717, 1.165) is 61.6 Å². The molecule has 0 spiro atoms. The van der Waals surface area contributed by atoms with E-state index in [1.54, 1.807) is 17.0 Å². The minimum Gasteiger partial charge on any atom is -0.459 e. The quantitative estimate of drug-likeness (QED) is 0.0443. The third-order valence-electron chi connectivity index (χ3n) is 13.7. The van der Waals surface area contributed by atoms with Crippen LogP contribution < -0.4 is 24.3 Å². The van der Waals surface area contributed by atoms with Crippen molar-refractivity contribution in [3.8, 4) is 23.0 Å². The number of hydrogen-bond acceptors (Lipinski definition) is 12. The number of fused-ring (bicyclic) bond motifs is 3. The van der Waals surface area contributed by atoms with Gasteiger partial charge in [-0.05, 0) is 106 Å². The van der Waals surface area contributed by atoms with Gasteiger partial charge in [-0.15, -0.1) is 6.58 Å². The molecule has 68 heavy (non-hydrogen) atoms. The van der Waals surface area contributed by atoms with Crippen molar-refractivity contribution in [3.05, 3.63) is 71.8 Å². The van der Waals surface area contributed by atoms with E-state index in [1.165, 1.54) is 52.1 Å². The van der Waals surface area contributed by atoms with E-state index in [0.29, 0.717) is 48.1 Å². The molecule has 0 saturated heterocycles. The first-order chi connectivity index (χ1) is 33.0. The summed E-state index contributed by atoms with van der Waals surface area (Å²) in [5.41, 5.74) is 2.54. The number of allylic oxidation sites excluding steroid dienone is 1. The van der Waals surface area contributed by atoms with Crippen LogP contribution in [0.15, 0.2) is 65.9 Å². The predicted molar refractivity (Wildman–Crippen MR) is 262 cm³/mol. The molecule has 2 aliphatic heterocycles. The number of oxime groups is 1. The van der Waals surface area contributed by atoms with Gasteiger partial charge in [-0.25, -0.2) is 9.59 Å². The van der Waals surface area contributed by atoms with Gasteiger partial charge in [0.05, 0.1) is 25.3 Å².